The lowest BCUT2D eigenvalue weighted by atomic mass is 9.89. The molecular weight excluding hydrogens is 757 g/mol. The molecular formula is C38H39ClFN5O9S. The van der Waals surface area contributed by atoms with Gasteiger partial charge in [0, 0.05) is 22.2 Å². The fraction of sp³-hybridized carbons (Fsp3) is 0.368. The Bertz CT molecular complexity index is 2270. The van der Waals surface area contributed by atoms with Crippen LogP contribution in [0.25, 0.3) is 10.4 Å². The van der Waals surface area contributed by atoms with Crippen molar-refractivity contribution >= 4 is 33.7 Å². The maximum absolute atomic E-state index is 16.6. The van der Waals surface area contributed by atoms with Crippen molar-refractivity contribution in [3.05, 3.63) is 133 Å². The van der Waals surface area contributed by atoms with Crippen molar-refractivity contribution < 1.29 is 40.8 Å². The topological polar surface area (TPSA) is 189 Å². The zero-order valence-corrected chi connectivity index (χ0v) is 32.3. The number of alkyl halides is 1. The molecule has 55 heavy (non-hydrogen) atoms. The predicted octanol–water partition coefficient (Wildman–Crippen LogP) is 7.99. The summed E-state index contributed by atoms with van der Waals surface area (Å²) in [7, 11) is -4.57. The van der Waals surface area contributed by atoms with Crippen LogP contribution in [0.15, 0.2) is 93.8 Å². The van der Waals surface area contributed by atoms with Crippen molar-refractivity contribution in [2.45, 2.75) is 88.4 Å². The molecule has 0 N–H and O–H groups in total. The second-order valence-electron chi connectivity index (χ2n) is 13.8. The smallest absolute Gasteiger partial charge is 0.353 e. The lowest BCUT2D eigenvalue weighted by Crippen LogP contribution is -2.47. The molecule has 0 amide bonds. The van der Waals surface area contributed by atoms with Crippen LogP contribution in [0.1, 0.15) is 103 Å². The summed E-state index contributed by atoms with van der Waals surface area (Å²) in [5.74, 6) is -2.93. The number of hydrogen-bond acceptors (Lipinski definition) is 11. The van der Waals surface area contributed by atoms with Crippen molar-refractivity contribution in [1.82, 2.24) is 9.55 Å². The van der Waals surface area contributed by atoms with Crippen LogP contribution in [0, 0.1) is 0 Å². The number of esters is 2. The molecule has 2 heterocycles. The summed E-state index contributed by atoms with van der Waals surface area (Å²) >= 11 is 6.00. The van der Waals surface area contributed by atoms with Gasteiger partial charge in [-0.05, 0) is 70.3 Å². The Morgan fingerprint density at radius 3 is 2.16 bits per heavy atom. The van der Waals surface area contributed by atoms with Gasteiger partial charge in [-0.1, -0.05) is 94.7 Å². The molecule has 17 heteroatoms. The van der Waals surface area contributed by atoms with Crippen LogP contribution in [-0.4, -0.2) is 54.5 Å². The molecule has 1 aliphatic rings. The van der Waals surface area contributed by atoms with Crippen molar-refractivity contribution in [2.24, 2.45) is 5.11 Å². The number of carbonyl (C=O) groups is 2. The van der Waals surface area contributed by atoms with E-state index in [9.17, 15) is 28.3 Å². The SMILES string of the molecule is CC(C)c1cc(C(C)C)c(S(=O)(=O)Oc2ccn([C@@H]3O[C@@](COC(=O)c4cccc(Cl)c4)(N=[N+]=[N-])[C@@H](OC(=O)c4ccccc4)[C@@H]3F)c(=O)n2)c(C(C)C)c1. The van der Waals surface area contributed by atoms with Crippen molar-refractivity contribution in [1.29, 1.82) is 0 Å². The van der Waals surface area contributed by atoms with Gasteiger partial charge >= 0.3 is 27.7 Å². The molecule has 0 spiro atoms. The van der Waals surface area contributed by atoms with Gasteiger partial charge in [0.1, 0.15) is 11.5 Å². The minimum atomic E-state index is -4.57. The van der Waals surface area contributed by atoms with E-state index in [-0.39, 0.29) is 38.8 Å². The maximum Gasteiger partial charge on any atom is 0.353 e. The number of azide groups is 1. The average Bonchev–Trinajstić information content (AvgIpc) is 3.40. The molecule has 290 valence electrons. The number of carbonyl (C=O) groups excluding carboxylic acids is 2. The Morgan fingerprint density at radius 2 is 1.60 bits per heavy atom. The first-order chi connectivity index (χ1) is 26.0. The number of aromatic nitrogens is 2. The molecule has 0 radical (unpaired) electrons. The summed E-state index contributed by atoms with van der Waals surface area (Å²) in [6.07, 6.45) is -5.53. The largest absolute Gasteiger partial charge is 0.459 e. The minimum absolute atomic E-state index is 0.00406. The summed E-state index contributed by atoms with van der Waals surface area (Å²) in [6.45, 7) is 10.5. The zero-order valence-electron chi connectivity index (χ0n) is 30.8. The number of hydrogen-bond donors (Lipinski definition) is 0. The highest BCUT2D eigenvalue weighted by molar-refractivity contribution is 7.87. The van der Waals surface area contributed by atoms with Crippen molar-refractivity contribution in [3.63, 3.8) is 0 Å². The van der Waals surface area contributed by atoms with Crippen LogP contribution >= 0.6 is 11.6 Å². The van der Waals surface area contributed by atoms with Gasteiger partial charge in [0.2, 0.25) is 11.6 Å². The van der Waals surface area contributed by atoms with E-state index in [2.05, 4.69) is 15.0 Å². The third kappa shape index (κ3) is 8.83. The fourth-order valence-corrected chi connectivity index (χ4v) is 7.76. The molecule has 4 aromatic rings. The van der Waals surface area contributed by atoms with Crippen LogP contribution in [0.2, 0.25) is 5.02 Å². The maximum atomic E-state index is 16.6. The first-order valence-corrected chi connectivity index (χ1v) is 19.0. The highest BCUT2D eigenvalue weighted by atomic mass is 35.5. The Kier molecular flexibility index (Phi) is 12.4. The molecule has 3 aromatic carbocycles. The predicted molar refractivity (Wildman–Crippen MR) is 199 cm³/mol. The van der Waals surface area contributed by atoms with Crippen LogP contribution in [0.4, 0.5) is 4.39 Å². The number of ether oxygens (including phenoxy) is 3. The van der Waals surface area contributed by atoms with E-state index in [1.165, 1.54) is 48.5 Å². The zero-order chi connectivity index (χ0) is 40.2. The molecule has 1 saturated heterocycles. The summed E-state index contributed by atoms with van der Waals surface area (Å²) in [5, 5.41) is 3.80. The minimum Gasteiger partial charge on any atom is -0.459 e. The molecule has 5 rings (SSSR count). The third-order valence-electron chi connectivity index (χ3n) is 8.86. The highest BCUT2D eigenvalue weighted by Gasteiger charge is 2.60. The summed E-state index contributed by atoms with van der Waals surface area (Å²) < 4.78 is 67.1. The van der Waals surface area contributed by atoms with E-state index in [1.807, 2.05) is 53.7 Å². The Balaban J connectivity index is 1.50. The standard InChI is InChI=1S/C38H39ClFN5O9S/c1-21(2)26-18-28(22(3)4)32(29(19-26)23(5)6)55(49,50)54-30-15-16-45(37(48)42-30)34-31(40)33(52-36(47)24-11-8-7-9-12-24)38(53-34,43-44-41)20-51-35(46)25-13-10-14-27(39)17-25/h7-19,21-23,31,33-34H,20H2,1-6H3/t31-,33-,34+,38+/m0/s1. The molecule has 0 aliphatic carbocycles. The van der Waals surface area contributed by atoms with E-state index >= 15 is 4.39 Å². The number of rotatable bonds is 13. The van der Waals surface area contributed by atoms with Gasteiger partial charge in [0.15, 0.2) is 18.5 Å². The molecule has 4 atom stereocenters. The van der Waals surface area contributed by atoms with E-state index in [4.69, 9.17) is 30.0 Å². The molecule has 14 nitrogen and oxygen atoms in total. The van der Waals surface area contributed by atoms with E-state index < -0.39 is 64.5 Å². The van der Waals surface area contributed by atoms with Gasteiger partial charge in [0.05, 0.1) is 11.1 Å². The monoisotopic (exact) mass is 795 g/mol. The lowest BCUT2D eigenvalue weighted by Gasteiger charge is -2.28. The Morgan fingerprint density at radius 1 is 0.964 bits per heavy atom. The van der Waals surface area contributed by atoms with Crippen LogP contribution in [-0.2, 0) is 24.3 Å². The van der Waals surface area contributed by atoms with E-state index in [0.29, 0.717) is 15.7 Å². The van der Waals surface area contributed by atoms with E-state index in [1.54, 1.807) is 6.07 Å². The van der Waals surface area contributed by atoms with Gasteiger partial charge in [-0.2, -0.15) is 13.4 Å². The van der Waals surface area contributed by atoms with Gasteiger partial charge in [-0.15, -0.1) is 0 Å². The van der Waals surface area contributed by atoms with Gasteiger partial charge in [0.25, 0.3) is 0 Å². The normalized spacial score (nSPS) is 19.7. The summed E-state index contributed by atoms with van der Waals surface area (Å²) in [5.41, 5.74) is 7.81. The molecule has 1 aliphatic heterocycles. The quantitative estimate of drug-likeness (QED) is 0.0422. The summed E-state index contributed by atoms with van der Waals surface area (Å²) in [4.78, 5) is 46.1. The Labute approximate surface area is 321 Å². The van der Waals surface area contributed by atoms with Crippen LogP contribution in [0.5, 0.6) is 5.88 Å². The van der Waals surface area contributed by atoms with E-state index in [0.717, 1.165) is 17.8 Å². The lowest BCUT2D eigenvalue weighted by molar-refractivity contribution is -0.129. The number of halogens is 2. The van der Waals surface area contributed by atoms with Gasteiger partial charge in [-0.3, -0.25) is 4.57 Å². The first-order valence-electron chi connectivity index (χ1n) is 17.3. The fourth-order valence-electron chi connectivity index (χ4n) is 6.00. The highest BCUT2D eigenvalue weighted by Crippen LogP contribution is 2.43. The number of nitrogens with zero attached hydrogens (tertiary/aromatic N) is 5. The second kappa shape index (κ2) is 16.6. The Hall–Kier alpha value is -5.28. The molecule has 1 aromatic heterocycles. The molecule has 1 fully saturated rings. The van der Waals surface area contributed by atoms with Crippen molar-refractivity contribution in [2.75, 3.05) is 6.61 Å². The number of benzene rings is 3. The molecule has 0 bridgehead atoms. The van der Waals surface area contributed by atoms with Gasteiger partial charge in [-0.25, -0.2) is 18.8 Å². The van der Waals surface area contributed by atoms with Crippen LogP contribution < -0.4 is 9.87 Å². The van der Waals surface area contributed by atoms with Gasteiger partial charge < -0.3 is 18.4 Å². The molecule has 0 unspecified atom stereocenters. The summed E-state index contributed by atoms with van der Waals surface area (Å²) in [6, 6.07) is 17.9. The van der Waals surface area contributed by atoms with Crippen LogP contribution in [0.3, 0.4) is 0 Å². The van der Waals surface area contributed by atoms with Crippen molar-refractivity contribution in [3.8, 4) is 5.88 Å². The first kappa shape index (κ1) is 40.9. The second-order valence-corrected chi connectivity index (χ2v) is 15.7. The molecule has 0 saturated carbocycles. The third-order valence-corrected chi connectivity index (χ3v) is 10.5. The average molecular weight is 796 g/mol.